The summed E-state index contributed by atoms with van der Waals surface area (Å²) in [6.45, 7) is 6.77. The highest BCUT2D eigenvalue weighted by Crippen LogP contribution is 2.34. The minimum atomic E-state index is -0.829. The number of ether oxygens (including phenoxy) is 3. The predicted octanol–water partition coefficient (Wildman–Crippen LogP) is 3.89. The van der Waals surface area contributed by atoms with E-state index in [9.17, 15) is 23.5 Å². The second-order valence-electron chi connectivity index (χ2n) is 13.9. The number of hydrogen-bond acceptors (Lipinski definition) is 6. The second kappa shape index (κ2) is 17.2. The third-order valence-electron chi connectivity index (χ3n) is 10.7. The zero-order valence-corrected chi connectivity index (χ0v) is 31.7. The number of rotatable bonds is 15. The fourth-order valence-corrected chi connectivity index (χ4v) is 7.81. The lowest BCUT2D eigenvalue weighted by atomic mass is 9.83. The summed E-state index contributed by atoms with van der Waals surface area (Å²) in [5, 5.41) is 10.6. The van der Waals surface area contributed by atoms with Gasteiger partial charge in [-0.3, -0.25) is 9.59 Å². The average molecular weight is 785 g/mol. The highest BCUT2D eigenvalue weighted by Gasteiger charge is 2.44. The maximum Gasteiger partial charge on any atom is 0.263 e. The maximum atomic E-state index is 14.1. The van der Waals surface area contributed by atoms with E-state index < -0.39 is 23.0 Å². The van der Waals surface area contributed by atoms with Crippen molar-refractivity contribution in [2.45, 2.75) is 58.0 Å². The molecule has 9 nitrogen and oxygen atoms in total. The van der Waals surface area contributed by atoms with Gasteiger partial charge in [0.2, 0.25) is 5.43 Å². The number of aliphatic hydroxyl groups is 1. The Morgan fingerprint density at radius 1 is 0.904 bits per heavy atom. The first kappa shape index (κ1) is 39.2. The number of anilines is 1. The molecule has 0 unspecified atom stereocenters. The van der Waals surface area contributed by atoms with Gasteiger partial charge < -0.3 is 50.2 Å². The third-order valence-corrected chi connectivity index (χ3v) is 10.7. The molecule has 3 aliphatic heterocycles. The molecule has 1 amide bonds. The zero-order valence-electron chi connectivity index (χ0n) is 30.1. The van der Waals surface area contributed by atoms with Gasteiger partial charge in [-0.15, -0.1) is 0 Å². The Labute approximate surface area is 314 Å². The summed E-state index contributed by atoms with van der Waals surface area (Å²) in [6.07, 6.45) is 9.03. The molecule has 3 aromatic carbocycles. The summed E-state index contributed by atoms with van der Waals surface area (Å²) < 4.78 is 48.2. The predicted molar refractivity (Wildman–Crippen MR) is 193 cm³/mol. The van der Waals surface area contributed by atoms with Crippen molar-refractivity contribution in [1.82, 2.24) is 4.57 Å². The Kier molecular flexibility index (Phi) is 13.0. The number of halogens is 3. The number of unbranched alkanes of at least 4 members (excludes halogenated alkanes) is 4. The van der Waals surface area contributed by atoms with Gasteiger partial charge in [0.1, 0.15) is 47.1 Å². The van der Waals surface area contributed by atoms with Gasteiger partial charge in [-0.25, -0.2) is 8.78 Å². The molecule has 3 aliphatic rings. The molecule has 2 bridgehead atoms. The number of quaternary nitrogens is 1. The van der Waals surface area contributed by atoms with Gasteiger partial charge in [-0.05, 0) is 50.5 Å². The molecular formula is C40H48BrF2N3O6. The van der Waals surface area contributed by atoms with E-state index in [2.05, 4.69) is 0 Å². The molecule has 52 heavy (non-hydrogen) atoms. The Morgan fingerprint density at radius 2 is 1.56 bits per heavy atom. The summed E-state index contributed by atoms with van der Waals surface area (Å²) >= 11 is 0. The molecular weight excluding hydrogens is 736 g/mol. The number of hydrogen-bond donors (Lipinski definition) is 1. The van der Waals surface area contributed by atoms with Crippen LogP contribution in [0.25, 0.3) is 16.6 Å². The van der Waals surface area contributed by atoms with Crippen molar-refractivity contribution in [1.29, 1.82) is 0 Å². The van der Waals surface area contributed by atoms with E-state index in [1.54, 1.807) is 47.9 Å². The average Bonchev–Trinajstić information content (AvgIpc) is 3.12. The number of carbonyl (C=O) groups is 1. The van der Waals surface area contributed by atoms with E-state index in [0.29, 0.717) is 41.0 Å². The molecule has 7 rings (SSSR count). The van der Waals surface area contributed by atoms with Crippen molar-refractivity contribution in [2.75, 3.05) is 58.5 Å². The molecule has 1 atom stereocenters. The highest BCUT2D eigenvalue weighted by molar-refractivity contribution is 6.07. The lowest BCUT2D eigenvalue weighted by Gasteiger charge is -2.51. The Morgan fingerprint density at radius 3 is 2.19 bits per heavy atom. The maximum absolute atomic E-state index is 14.1. The van der Waals surface area contributed by atoms with Crippen molar-refractivity contribution < 1.29 is 54.4 Å². The lowest BCUT2D eigenvalue weighted by Crippen LogP contribution is -3.00. The number of piperidine rings is 3. The summed E-state index contributed by atoms with van der Waals surface area (Å²) in [5.74, 6) is -0.243. The van der Waals surface area contributed by atoms with Gasteiger partial charge in [-0.1, -0.05) is 12.8 Å². The van der Waals surface area contributed by atoms with Gasteiger partial charge in [-0.2, -0.15) is 0 Å². The summed E-state index contributed by atoms with van der Waals surface area (Å²) in [4.78, 5) is 29.0. The van der Waals surface area contributed by atoms with Gasteiger partial charge >= 0.3 is 0 Å². The van der Waals surface area contributed by atoms with Gasteiger partial charge in [0.15, 0.2) is 0 Å². The molecule has 0 aliphatic carbocycles. The Balaban J connectivity index is 0.00000523. The van der Waals surface area contributed by atoms with Crippen LogP contribution < -0.4 is 41.5 Å². The van der Waals surface area contributed by atoms with Crippen LogP contribution in [0.3, 0.4) is 0 Å². The van der Waals surface area contributed by atoms with E-state index in [4.69, 9.17) is 14.2 Å². The largest absolute Gasteiger partial charge is 1.00 e. The summed E-state index contributed by atoms with van der Waals surface area (Å²) in [5.41, 5.74) is 0.389. The SMILES string of the molecule is CCN(C(=O)c1cn(-c2cc(OC)cc(OC)c2)c2cc(OCCCCCCC[N+]34CCC(CC3)[C@@H](O)C4)ccc2c1=O)c1cc(F)cc(F)c1.[Br-]. The van der Waals surface area contributed by atoms with Crippen LogP contribution in [0.4, 0.5) is 14.5 Å². The second-order valence-corrected chi connectivity index (χ2v) is 13.9. The fraction of sp³-hybridized carbons (Fsp3) is 0.450. The highest BCUT2D eigenvalue weighted by atomic mass is 79.9. The van der Waals surface area contributed by atoms with E-state index in [1.807, 2.05) is 0 Å². The number of pyridine rings is 1. The number of nitrogens with zero attached hydrogens (tertiary/aromatic N) is 3. The monoisotopic (exact) mass is 783 g/mol. The molecule has 0 saturated carbocycles. The third kappa shape index (κ3) is 8.61. The number of benzene rings is 3. The Hall–Kier alpha value is -4.00. The van der Waals surface area contributed by atoms with Crippen LogP contribution in [0.1, 0.15) is 62.2 Å². The van der Waals surface area contributed by atoms with E-state index in [-0.39, 0.29) is 46.3 Å². The topological polar surface area (TPSA) is 90.2 Å². The molecule has 1 N–H and O–H groups in total. The van der Waals surface area contributed by atoms with Crippen LogP contribution >= 0.6 is 0 Å². The number of methoxy groups -OCH3 is 2. The van der Waals surface area contributed by atoms with E-state index >= 15 is 0 Å². The van der Waals surface area contributed by atoms with Crippen LogP contribution in [0, 0.1) is 17.6 Å². The first-order chi connectivity index (χ1) is 24.6. The van der Waals surface area contributed by atoms with Gasteiger partial charge in [0.05, 0.1) is 51.7 Å². The number of aliphatic hydroxyl groups excluding tert-OH is 1. The standard InChI is InChI=1S/C40H48F2N3O6.BrH/c1-4-43(30-19-28(41)18-29(42)20-30)40(48)36-25-44(31-21-33(49-2)23-34(22-31)50-3)37-24-32(10-11-35(37)39(36)47)51-17-9-7-5-6-8-14-45-15-12-27(13-16-45)38(46)26-45;/h10-11,18-25,27,38,46H,4-9,12-17,26H2,1-3H3;1H/q+1;/p-1/t27?,38-,45?;/m0./s1. The van der Waals surface area contributed by atoms with Crippen LogP contribution in [0.2, 0.25) is 0 Å². The number of aromatic nitrogens is 1. The molecule has 4 heterocycles. The minimum absolute atomic E-state index is 0. The van der Waals surface area contributed by atoms with Crippen LogP contribution in [-0.4, -0.2) is 79.7 Å². The van der Waals surface area contributed by atoms with Gasteiger partial charge in [0.25, 0.3) is 5.91 Å². The van der Waals surface area contributed by atoms with E-state index in [1.165, 1.54) is 44.8 Å². The smallest absolute Gasteiger partial charge is 0.263 e. The molecule has 3 fully saturated rings. The normalized spacial score (nSPS) is 19.3. The molecule has 12 heteroatoms. The van der Waals surface area contributed by atoms with Crippen molar-refractivity contribution in [3.8, 4) is 22.9 Å². The number of amides is 1. The van der Waals surface area contributed by atoms with Crippen molar-refractivity contribution in [3.05, 3.63) is 88.2 Å². The molecule has 280 valence electrons. The van der Waals surface area contributed by atoms with Crippen molar-refractivity contribution in [3.63, 3.8) is 0 Å². The first-order valence-electron chi connectivity index (χ1n) is 18.0. The molecule has 1 aromatic heterocycles. The van der Waals surface area contributed by atoms with Crippen LogP contribution in [0.15, 0.2) is 65.6 Å². The van der Waals surface area contributed by atoms with Crippen molar-refractivity contribution in [2.24, 2.45) is 5.92 Å². The molecule has 0 spiro atoms. The number of fused-ring (bicyclic) bond motifs is 4. The van der Waals surface area contributed by atoms with E-state index in [0.717, 1.165) is 74.3 Å². The summed E-state index contributed by atoms with van der Waals surface area (Å²) in [7, 11) is 3.07. The Bertz CT molecular complexity index is 1890. The molecule has 3 saturated heterocycles. The minimum Gasteiger partial charge on any atom is -1.00 e. The van der Waals surface area contributed by atoms with Crippen LogP contribution in [0.5, 0.6) is 17.2 Å². The molecule has 0 radical (unpaired) electrons. The first-order valence-corrected chi connectivity index (χ1v) is 18.0. The summed E-state index contributed by atoms with van der Waals surface area (Å²) in [6, 6.07) is 13.2. The number of carbonyl (C=O) groups excluding carboxylic acids is 1. The molecule has 4 aromatic rings. The quantitative estimate of drug-likeness (QED) is 0.146. The zero-order chi connectivity index (χ0) is 36.1. The lowest BCUT2D eigenvalue weighted by molar-refractivity contribution is -0.946. The van der Waals surface area contributed by atoms with Crippen LogP contribution in [-0.2, 0) is 0 Å². The van der Waals surface area contributed by atoms with Gasteiger partial charge in [0, 0.05) is 72.9 Å². The van der Waals surface area contributed by atoms with Crippen molar-refractivity contribution >= 4 is 22.5 Å². The fourth-order valence-electron chi connectivity index (χ4n) is 7.81.